The molecule has 1 aromatic rings. The van der Waals surface area contributed by atoms with E-state index in [4.69, 9.17) is 5.73 Å². The van der Waals surface area contributed by atoms with Gasteiger partial charge in [0.2, 0.25) is 0 Å². The molecule has 0 atom stereocenters. The number of non-ortho nitro benzene ring substituents is 1. The number of nitrogen functional groups attached to an aromatic ring is 1. The second-order valence-corrected chi connectivity index (χ2v) is 3.56. The van der Waals surface area contributed by atoms with Crippen molar-refractivity contribution in [1.82, 2.24) is 4.90 Å². The van der Waals surface area contributed by atoms with E-state index in [1.807, 2.05) is 0 Å². The number of benzene rings is 1. The zero-order valence-corrected chi connectivity index (χ0v) is 9.34. The van der Waals surface area contributed by atoms with Gasteiger partial charge in [0, 0.05) is 31.9 Å². The minimum absolute atomic E-state index is 0.0378. The summed E-state index contributed by atoms with van der Waals surface area (Å²) in [6, 6.07) is 3.40. The van der Waals surface area contributed by atoms with Gasteiger partial charge in [0.1, 0.15) is 0 Å². The van der Waals surface area contributed by atoms with Gasteiger partial charge in [-0.2, -0.15) is 0 Å². The van der Waals surface area contributed by atoms with E-state index < -0.39 is 16.6 Å². The summed E-state index contributed by atoms with van der Waals surface area (Å²) < 4.78 is 0. The normalized spacial score (nSPS) is 9.76. The van der Waals surface area contributed by atoms with Crippen LogP contribution in [-0.4, -0.2) is 35.6 Å². The lowest BCUT2D eigenvalue weighted by Gasteiger charge is -2.09. The molecule has 1 amide bonds. The van der Waals surface area contributed by atoms with Crippen molar-refractivity contribution in [2.75, 3.05) is 19.8 Å². The fourth-order valence-electron chi connectivity index (χ4n) is 1.17. The molecular weight excluding hydrogens is 226 g/mol. The van der Waals surface area contributed by atoms with E-state index >= 15 is 0 Å². The summed E-state index contributed by atoms with van der Waals surface area (Å²) in [7, 11) is 2.82. The molecule has 1 rings (SSSR count). The summed E-state index contributed by atoms with van der Waals surface area (Å²) in [6.07, 6.45) is 0. The standard InChI is InChI=1S/C10H11N3O4/c1-12(2)10(15)9(14)7-5-6(13(16)17)3-4-8(7)11/h3-5H,11H2,1-2H3. The third-order valence-electron chi connectivity index (χ3n) is 2.09. The highest BCUT2D eigenvalue weighted by Gasteiger charge is 2.22. The lowest BCUT2D eigenvalue weighted by atomic mass is 10.1. The second-order valence-electron chi connectivity index (χ2n) is 3.56. The number of hydrogen-bond donors (Lipinski definition) is 1. The van der Waals surface area contributed by atoms with Crippen LogP contribution in [-0.2, 0) is 4.79 Å². The number of likely N-dealkylation sites (N-methyl/N-ethyl adjacent to an activating group) is 1. The van der Waals surface area contributed by atoms with Gasteiger partial charge in [-0.1, -0.05) is 0 Å². The average Bonchev–Trinajstić information content (AvgIpc) is 2.27. The fraction of sp³-hybridized carbons (Fsp3) is 0.200. The van der Waals surface area contributed by atoms with Crippen molar-refractivity contribution >= 4 is 23.1 Å². The van der Waals surface area contributed by atoms with Crippen molar-refractivity contribution in [3.63, 3.8) is 0 Å². The van der Waals surface area contributed by atoms with Crippen molar-refractivity contribution in [1.29, 1.82) is 0 Å². The lowest BCUT2D eigenvalue weighted by Crippen LogP contribution is -2.30. The number of carbonyl (C=O) groups is 2. The van der Waals surface area contributed by atoms with Crippen molar-refractivity contribution in [3.8, 4) is 0 Å². The van der Waals surface area contributed by atoms with Gasteiger partial charge in [-0.3, -0.25) is 19.7 Å². The molecule has 17 heavy (non-hydrogen) atoms. The van der Waals surface area contributed by atoms with Crippen molar-refractivity contribution in [3.05, 3.63) is 33.9 Å². The summed E-state index contributed by atoms with van der Waals surface area (Å²) in [5, 5.41) is 10.5. The smallest absolute Gasteiger partial charge is 0.294 e. The number of amides is 1. The number of Topliss-reactive ketones (excluding diaryl/α,β-unsaturated/α-hetero) is 1. The first-order valence-corrected chi connectivity index (χ1v) is 4.64. The van der Waals surface area contributed by atoms with Crippen LogP contribution < -0.4 is 5.73 Å². The number of ketones is 1. The molecule has 0 heterocycles. The SMILES string of the molecule is CN(C)C(=O)C(=O)c1cc([N+](=O)[O-])ccc1N. The summed E-state index contributed by atoms with van der Waals surface area (Å²) >= 11 is 0. The van der Waals surface area contributed by atoms with Crippen LogP contribution >= 0.6 is 0 Å². The predicted molar refractivity (Wildman–Crippen MR) is 60.5 cm³/mol. The van der Waals surface area contributed by atoms with Crippen LogP contribution in [0.4, 0.5) is 11.4 Å². The van der Waals surface area contributed by atoms with Crippen LogP contribution in [0.2, 0.25) is 0 Å². The molecule has 1 aromatic carbocycles. The van der Waals surface area contributed by atoms with Crippen LogP contribution in [0, 0.1) is 10.1 Å². The highest BCUT2D eigenvalue weighted by atomic mass is 16.6. The molecule has 0 unspecified atom stereocenters. The fourth-order valence-corrected chi connectivity index (χ4v) is 1.17. The quantitative estimate of drug-likeness (QED) is 0.270. The van der Waals surface area contributed by atoms with Gasteiger partial charge in [-0.15, -0.1) is 0 Å². The number of nitrogens with zero attached hydrogens (tertiary/aromatic N) is 2. The van der Waals surface area contributed by atoms with Crippen molar-refractivity contribution < 1.29 is 14.5 Å². The van der Waals surface area contributed by atoms with Crippen LogP contribution in [0.5, 0.6) is 0 Å². The summed E-state index contributed by atoms with van der Waals surface area (Å²) in [5.41, 5.74) is 5.11. The van der Waals surface area contributed by atoms with Crippen LogP contribution in [0.15, 0.2) is 18.2 Å². The summed E-state index contributed by atoms with van der Waals surface area (Å²) in [4.78, 5) is 34.1. The molecule has 0 fully saturated rings. The number of anilines is 1. The molecular formula is C10H11N3O4. The highest BCUT2D eigenvalue weighted by molar-refractivity contribution is 6.43. The van der Waals surface area contributed by atoms with Gasteiger partial charge in [0.05, 0.1) is 10.5 Å². The Kier molecular flexibility index (Phi) is 3.42. The minimum atomic E-state index is -0.865. The van der Waals surface area contributed by atoms with Gasteiger partial charge >= 0.3 is 0 Å². The molecule has 0 bridgehead atoms. The number of hydrogen-bond acceptors (Lipinski definition) is 5. The third kappa shape index (κ3) is 2.57. The van der Waals surface area contributed by atoms with E-state index in [2.05, 4.69) is 0 Å². The van der Waals surface area contributed by atoms with E-state index in [0.717, 1.165) is 11.0 Å². The predicted octanol–water partition coefficient (Wildman–Crippen LogP) is 0.448. The molecule has 7 nitrogen and oxygen atoms in total. The number of carbonyl (C=O) groups excluding carboxylic acids is 2. The van der Waals surface area contributed by atoms with Gasteiger partial charge in [0.15, 0.2) is 0 Å². The molecule has 7 heteroatoms. The van der Waals surface area contributed by atoms with Gasteiger partial charge in [-0.05, 0) is 6.07 Å². The van der Waals surface area contributed by atoms with E-state index in [0.29, 0.717) is 0 Å². The molecule has 0 spiro atoms. The molecule has 0 aromatic heterocycles. The second kappa shape index (κ2) is 4.60. The Labute approximate surface area is 97.0 Å². The first-order chi connectivity index (χ1) is 7.84. The minimum Gasteiger partial charge on any atom is -0.398 e. The maximum atomic E-state index is 11.7. The zero-order valence-electron chi connectivity index (χ0n) is 9.34. The molecule has 0 aliphatic carbocycles. The van der Waals surface area contributed by atoms with Gasteiger partial charge in [0.25, 0.3) is 17.4 Å². The van der Waals surface area contributed by atoms with E-state index in [1.54, 1.807) is 0 Å². The monoisotopic (exact) mass is 237 g/mol. The Morgan fingerprint density at radius 2 is 1.94 bits per heavy atom. The Hall–Kier alpha value is -2.44. The number of rotatable bonds is 3. The van der Waals surface area contributed by atoms with Crippen molar-refractivity contribution in [2.24, 2.45) is 0 Å². The molecule has 0 radical (unpaired) electrons. The summed E-state index contributed by atoms with van der Waals surface area (Å²) in [6.45, 7) is 0. The zero-order chi connectivity index (χ0) is 13.2. The lowest BCUT2D eigenvalue weighted by molar-refractivity contribution is -0.384. The average molecular weight is 237 g/mol. The Bertz CT molecular complexity index is 496. The van der Waals surface area contributed by atoms with E-state index in [1.165, 1.54) is 26.2 Å². The first kappa shape index (κ1) is 12.6. The summed E-state index contributed by atoms with van der Waals surface area (Å²) in [5.74, 6) is -1.65. The maximum absolute atomic E-state index is 11.7. The Balaban J connectivity index is 3.21. The molecule has 0 saturated heterocycles. The number of nitro groups is 1. The van der Waals surface area contributed by atoms with E-state index in [-0.39, 0.29) is 16.9 Å². The largest absolute Gasteiger partial charge is 0.398 e. The topological polar surface area (TPSA) is 107 Å². The van der Waals surface area contributed by atoms with E-state index in [9.17, 15) is 19.7 Å². The molecule has 2 N–H and O–H groups in total. The Morgan fingerprint density at radius 1 is 1.35 bits per heavy atom. The third-order valence-corrected chi connectivity index (χ3v) is 2.09. The van der Waals surface area contributed by atoms with Crippen molar-refractivity contribution in [2.45, 2.75) is 0 Å². The van der Waals surface area contributed by atoms with Crippen LogP contribution in [0.1, 0.15) is 10.4 Å². The molecule has 90 valence electrons. The first-order valence-electron chi connectivity index (χ1n) is 4.64. The molecule has 0 saturated carbocycles. The Morgan fingerprint density at radius 3 is 2.41 bits per heavy atom. The molecule has 0 aliphatic heterocycles. The number of nitrogens with two attached hydrogens (primary N) is 1. The molecule has 0 aliphatic rings. The highest BCUT2D eigenvalue weighted by Crippen LogP contribution is 2.20. The number of nitro benzene ring substituents is 1. The van der Waals surface area contributed by atoms with Gasteiger partial charge in [-0.25, -0.2) is 0 Å². The maximum Gasteiger partial charge on any atom is 0.294 e. The van der Waals surface area contributed by atoms with Crippen LogP contribution in [0.25, 0.3) is 0 Å². The van der Waals surface area contributed by atoms with Crippen LogP contribution in [0.3, 0.4) is 0 Å². The van der Waals surface area contributed by atoms with Gasteiger partial charge < -0.3 is 10.6 Å².